The summed E-state index contributed by atoms with van der Waals surface area (Å²) in [6.45, 7) is 3.85. The smallest absolute Gasteiger partial charge is 0.150 e. The van der Waals surface area contributed by atoms with Crippen molar-refractivity contribution in [1.29, 1.82) is 0 Å². The molecule has 0 heterocycles. The lowest BCUT2D eigenvalue weighted by Crippen LogP contribution is -2.09. The third kappa shape index (κ3) is 4.80. The highest BCUT2D eigenvalue weighted by Gasteiger charge is 2.07. The number of carbonyl (C=O) groups is 1. The van der Waals surface area contributed by atoms with Crippen LogP contribution in [0.3, 0.4) is 0 Å². The van der Waals surface area contributed by atoms with Crippen molar-refractivity contribution in [2.45, 2.75) is 44.9 Å². The fourth-order valence-corrected chi connectivity index (χ4v) is 0.857. The summed E-state index contributed by atoms with van der Waals surface area (Å²) in [7, 11) is 0. The van der Waals surface area contributed by atoms with Gasteiger partial charge in [-0.15, -0.1) is 11.6 Å². The third-order valence-electron chi connectivity index (χ3n) is 1.47. The summed E-state index contributed by atoms with van der Waals surface area (Å²) in [5, 5.41) is -0.295. The number of Topliss-reactive ketones (excluding diaryl/α,β-unsaturated/α-hetero) is 1. The molecule has 60 valence electrons. The number of halogens is 1. The van der Waals surface area contributed by atoms with Crippen molar-refractivity contribution in [3.8, 4) is 0 Å². The van der Waals surface area contributed by atoms with E-state index in [0.717, 1.165) is 19.3 Å². The van der Waals surface area contributed by atoms with Crippen LogP contribution in [0.5, 0.6) is 0 Å². The van der Waals surface area contributed by atoms with Crippen LogP contribution in [0.25, 0.3) is 0 Å². The standard InChI is InChI=1S/C8H15ClO/c1-3-4-5-6-8(10)7(2)9/h7H,3-6H2,1-2H3. The minimum absolute atomic E-state index is 0.176. The molecular weight excluding hydrogens is 148 g/mol. The van der Waals surface area contributed by atoms with Gasteiger partial charge in [-0.1, -0.05) is 19.8 Å². The largest absolute Gasteiger partial charge is 0.298 e. The van der Waals surface area contributed by atoms with Crippen LogP contribution in [0.4, 0.5) is 0 Å². The molecule has 0 aromatic rings. The van der Waals surface area contributed by atoms with Crippen LogP contribution in [0.1, 0.15) is 39.5 Å². The minimum Gasteiger partial charge on any atom is -0.298 e. The number of ketones is 1. The molecule has 1 unspecified atom stereocenters. The van der Waals surface area contributed by atoms with E-state index in [2.05, 4.69) is 6.92 Å². The van der Waals surface area contributed by atoms with Crippen LogP contribution in [-0.4, -0.2) is 11.2 Å². The monoisotopic (exact) mass is 162 g/mol. The molecule has 0 saturated heterocycles. The molecule has 0 spiro atoms. The molecule has 1 atom stereocenters. The topological polar surface area (TPSA) is 17.1 Å². The Morgan fingerprint density at radius 2 is 2.10 bits per heavy atom. The summed E-state index contributed by atoms with van der Waals surface area (Å²) in [4.78, 5) is 10.9. The van der Waals surface area contributed by atoms with Crippen molar-refractivity contribution in [1.82, 2.24) is 0 Å². The van der Waals surface area contributed by atoms with Gasteiger partial charge in [0.2, 0.25) is 0 Å². The molecule has 10 heavy (non-hydrogen) atoms. The molecular formula is C8H15ClO. The molecule has 0 aromatic carbocycles. The molecule has 2 heteroatoms. The summed E-state index contributed by atoms with van der Waals surface area (Å²) < 4.78 is 0. The molecule has 0 rings (SSSR count). The molecule has 1 nitrogen and oxygen atoms in total. The third-order valence-corrected chi connectivity index (χ3v) is 1.71. The maximum absolute atomic E-state index is 10.9. The Balaban J connectivity index is 3.22. The van der Waals surface area contributed by atoms with E-state index in [-0.39, 0.29) is 11.2 Å². The zero-order valence-corrected chi connectivity index (χ0v) is 7.45. The molecule has 0 radical (unpaired) electrons. The first-order valence-electron chi connectivity index (χ1n) is 3.85. The first-order valence-corrected chi connectivity index (χ1v) is 4.29. The fraction of sp³-hybridized carbons (Fsp3) is 0.875. The molecule has 0 saturated carbocycles. The van der Waals surface area contributed by atoms with Gasteiger partial charge in [-0.25, -0.2) is 0 Å². The predicted octanol–water partition coefficient (Wildman–Crippen LogP) is 2.76. The SMILES string of the molecule is CCCCCC(=O)C(C)Cl. The maximum Gasteiger partial charge on any atom is 0.150 e. The number of alkyl halides is 1. The van der Waals surface area contributed by atoms with Crippen LogP contribution in [0.15, 0.2) is 0 Å². The van der Waals surface area contributed by atoms with E-state index in [1.165, 1.54) is 0 Å². The second kappa shape index (κ2) is 5.72. The van der Waals surface area contributed by atoms with Crippen LogP contribution in [0.2, 0.25) is 0 Å². The Morgan fingerprint density at radius 1 is 1.50 bits per heavy atom. The molecule has 0 aliphatic carbocycles. The summed E-state index contributed by atoms with van der Waals surface area (Å²) >= 11 is 5.56. The first kappa shape index (κ1) is 9.96. The van der Waals surface area contributed by atoms with Gasteiger partial charge in [0, 0.05) is 6.42 Å². The lowest BCUT2D eigenvalue weighted by molar-refractivity contribution is -0.118. The van der Waals surface area contributed by atoms with Crippen LogP contribution in [0, 0.1) is 0 Å². The Morgan fingerprint density at radius 3 is 2.50 bits per heavy atom. The van der Waals surface area contributed by atoms with Gasteiger partial charge in [0.05, 0.1) is 5.38 Å². The number of hydrogen-bond donors (Lipinski definition) is 0. The summed E-state index contributed by atoms with van der Waals surface area (Å²) in [5.74, 6) is 0.176. The summed E-state index contributed by atoms with van der Waals surface area (Å²) in [5.41, 5.74) is 0. The second-order valence-electron chi connectivity index (χ2n) is 2.54. The Labute approximate surface area is 67.8 Å². The lowest BCUT2D eigenvalue weighted by atomic mass is 10.1. The minimum atomic E-state index is -0.295. The molecule has 0 N–H and O–H groups in total. The average molecular weight is 163 g/mol. The van der Waals surface area contributed by atoms with E-state index in [1.807, 2.05) is 0 Å². The lowest BCUT2D eigenvalue weighted by Gasteiger charge is -1.99. The molecule has 0 bridgehead atoms. The molecule has 0 fully saturated rings. The number of rotatable bonds is 5. The number of unbranched alkanes of at least 4 members (excludes halogenated alkanes) is 2. The van der Waals surface area contributed by atoms with Gasteiger partial charge in [-0.3, -0.25) is 4.79 Å². The van der Waals surface area contributed by atoms with Gasteiger partial charge >= 0.3 is 0 Å². The highest BCUT2D eigenvalue weighted by Crippen LogP contribution is 2.05. The van der Waals surface area contributed by atoms with Crippen molar-refractivity contribution < 1.29 is 4.79 Å². The highest BCUT2D eigenvalue weighted by molar-refractivity contribution is 6.30. The van der Waals surface area contributed by atoms with Crippen molar-refractivity contribution in [3.05, 3.63) is 0 Å². The summed E-state index contributed by atoms with van der Waals surface area (Å²) in [6, 6.07) is 0. The van der Waals surface area contributed by atoms with Gasteiger partial charge in [-0.05, 0) is 13.3 Å². The zero-order valence-electron chi connectivity index (χ0n) is 6.69. The molecule has 0 amide bonds. The van der Waals surface area contributed by atoms with Crippen LogP contribution < -0.4 is 0 Å². The van der Waals surface area contributed by atoms with Crippen LogP contribution in [-0.2, 0) is 4.79 Å². The maximum atomic E-state index is 10.9. The first-order chi connectivity index (χ1) is 4.68. The Kier molecular flexibility index (Phi) is 5.70. The van der Waals surface area contributed by atoms with Crippen LogP contribution >= 0.6 is 11.6 Å². The normalized spacial score (nSPS) is 13.1. The van der Waals surface area contributed by atoms with E-state index in [0.29, 0.717) is 6.42 Å². The van der Waals surface area contributed by atoms with E-state index in [4.69, 9.17) is 11.6 Å². The Bertz CT molecular complexity index is 99.4. The van der Waals surface area contributed by atoms with Gasteiger partial charge in [0.25, 0.3) is 0 Å². The molecule has 0 aliphatic heterocycles. The van der Waals surface area contributed by atoms with Gasteiger partial charge in [0.15, 0.2) is 0 Å². The van der Waals surface area contributed by atoms with Gasteiger partial charge in [-0.2, -0.15) is 0 Å². The van der Waals surface area contributed by atoms with Crippen molar-refractivity contribution >= 4 is 17.4 Å². The van der Waals surface area contributed by atoms with E-state index in [1.54, 1.807) is 6.92 Å². The van der Waals surface area contributed by atoms with Crippen molar-refractivity contribution in [2.75, 3.05) is 0 Å². The van der Waals surface area contributed by atoms with Crippen molar-refractivity contribution in [3.63, 3.8) is 0 Å². The average Bonchev–Trinajstić information content (AvgIpc) is 1.88. The number of hydrogen-bond acceptors (Lipinski definition) is 1. The highest BCUT2D eigenvalue weighted by atomic mass is 35.5. The van der Waals surface area contributed by atoms with E-state index in [9.17, 15) is 4.79 Å². The fourth-order valence-electron chi connectivity index (χ4n) is 0.748. The summed E-state index contributed by atoms with van der Waals surface area (Å²) in [6.07, 6.45) is 3.93. The van der Waals surface area contributed by atoms with Gasteiger partial charge < -0.3 is 0 Å². The van der Waals surface area contributed by atoms with Crippen molar-refractivity contribution in [2.24, 2.45) is 0 Å². The second-order valence-corrected chi connectivity index (χ2v) is 3.19. The predicted molar refractivity (Wildman–Crippen MR) is 44.5 cm³/mol. The molecule has 0 aromatic heterocycles. The quantitative estimate of drug-likeness (QED) is 0.449. The van der Waals surface area contributed by atoms with E-state index < -0.39 is 0 Å². The number of carbonyl (C=O) groups excluding carboxylic acids is 1. The zero-order chi connectivity index (χ0) is 7.98. The molecule has 0 aliphatic rings. The Hall–Kier alpha value is -0.0400. The van der Waals surface area contributed by atoms with Gasteiger partial charge in [0.1, 0.15) is 5.78 Å². The van der Waals surface area contributed by atoms with E-state index >= 15 is 0 Å².